The van der Waals surface area contributed by atoms with Crippen molar-refractivity contribution in [3.63, 3.8) is 0 Å². The van der Waals surface area contributed by atoms with E-state index in [0.29, 0.717) is 31.0 Å². The molecule has 1 aliphatic heterocycles. The normalized spacial score (nSPS) is 20.4. The van der Waals surface area contributed by atoms with Gasteiger partial charge < -0.3 is 10.6 Å². The van der Waals surface area contributed by atoms with Gasteiger partial charge in [0.1, 0.15) is 5.82 Å². The van der Waals surface area contributed by atoms with E-state index in [9.17, 15) is 9.59 Å². The molecule has 2 aromatic rings. The molecule has 1 unspecified atom stereocenters. The second kappa shape index (κ2) is 7.28. The molecule has 6 nitrogen and oxygen atoms in total. The van der Waals surface area contributed by atoms with Gasteiger partial charge in [-0.05, 0) is 31.9 Å². The van der Waals surface area contributed by atoms with Gasteiger partial charge in [0.15, 0.2) is 0 Å². The van der Waals surface area contributed by atoms with E-state index in [2.05, 4.69) is 15.7 Å². The van der Waals surface area contributed by atoms with Gasteiger partial charge in [0.2, 0.25) is 5.91 Å². The lowest BCUT2D eigenvalue weighted by Gasteiger charge is -2.30. The number of amides is 1. The highest BCUT2D eigenvalue weighted by Crippen LogP contribution is 2.33. The number of rotatable bonds is 4. The molecule has 0 aromatic carbocycles. The number of carbonyl (C=O) groups is 2. The second-order valence-electron chi connectivity index (χ2n) is 8.13. The van der Waals surface area contributed by atoms with E-state index in [-0.39, 0.29) is 11.8 Å². The Balaban J connectivity index is 1.95. The van der Waals surface area contributed by atoms with Crippen molar-refractivity contribution in [1.82, 2.24) is 15.1 Å². The molecule has 0 aliphatic carbocycles. The molecule has 1 atom stereocenters. The van der Waals surface area contributed by atoms with Crippen LogP contribution in [0.1, 0.15) is 55.9 Å². The van der Waals surface area contributed by atoms with Crippen molar-refractivity contribution in [2.75, 3.05) is 11.9 Å². The van der Waals surface area contributed by atoms with Gasteiger partial charge in [0, 0.05) is 22.9 Å². The Morgan fingerprint density at radius 3 is 2.78 bits per heavy atom. The zero-order valence-corrected chi connectivity index (χ0v) is 17.6. The molecule has 0 radical (unpaired) electrons. The maximum Gasteiger partial charge on any atom is 0.254 e. The van der Waals surface area contributed by atoms with Crippen LogP contribution in [0.5, 0.6) is 0 Å². The Labute approximate surface area is 168 Å². The molecule has 1 amide bonds. The summed E-state index contributed by atoms with van der Waals surface area (Å²) in [4.78, 5) is 26.5. The maximum atomic E-state index is 12.9. The lowest BCUT2D eigenvalue weighted by atomic mass is 9.79. The number of thiophene rings is 1. The predicted octanol–water partition coefficient (Wildman–Crippen LogP) is 4.06. The fourth-order valence-electron chi connectivity index (χ4n) is 3.07. The average Bonchev–Trinajstić information content (AvgIpc) is 3.20. The van der Waals surface area contributed by atoms with Gasteiger partial charge in [-0.1, -0.05) is 32.4 Å². The van der Waals surface area contributed by atoms with Gasteiger partial charge in [-0.3, -0.25) is 9.59 Å². The molecule has 27 heavy (non-hydrogen) atoms. The molecule has 146 valence electrons. The molecule has 0 saturated carbocycles. The third-order valence-electron chi connectivity index (χ3n) is 4.82. The molecule has 3 heterocycles. The van der Waals surface area contributed by atoms with E-state index in [1.807, 2.05) is 45.9 Å². The van der Waals surface area contributed by atoms with Crippen LogP contribution < -0.4 is 10.6 Å². The number of carbonyl (C=O) groups excluding carboxylic acids is 2. The van der Waals surface area contributed by atoms with E-state index in [4.69, 9.17) is 11.6 Å². The summed E-state index contributed by atoms with van der Waals surface area (Å²) in [5.41, 5.74) is -0.713. The first-order valence-corrected chi connectivity index (χ1v) is 10.2. The third-order valence-corrected chi connectivity index (χ3v) is 6.05. The van der Waals surface area contributed by atoms with Crippen LogP contribution in [0.2, 0.25) is 4.34 Å². The first-order chi connectivity index (χ1) is 12.6. The minimum absolute atomic E-state index is 0.0433. The van der Waals surface area contributed by atoms with E-state index >= 15 is 0 Å². The van der Waals surface area contributed by atoms with Crippen molar-refractivity contribution < 1.29 is 9.59 Å². The molecule has 8 heteroatoms. The van der Waals surface area contributed by atoms with Crippen molar-refractivity contribution in [3.05, 3.63) is 33.1 Å². The molecule has 0 spiro atoms. The SMILES string of the molecule is CC(C)(C)C(=O)n1nc(C2(C)CCCNC2=O)cc1NCc1ccc(Cl)s1. The molecule has 0 bridgehead atoms. The van der Waals surface area contributed by atoms with Crippen LogP contribution >= 0.6 is 22.9 Å². The van der Waals surface area contributed by atoms with Crippen molar-refractivity contribution >= 4 is 40.6 Å². The number of nitrogens with zero attached hydrogens (tertiary/aromatic N) is 2. The summed E-state index contributed by atoms with van der Waals surface area (Å²) in [6.07, 6.45) is 1.60. The summed E-state index contributed by atoms with van der Waals surface area (Å²) < 4.78 is 2.12. The monoisotopic (exact) mass is 408 g/mol. The van der Waals surface area contributed by atoms with E-state index < -0.39 is 10.8 Å². The molecule has 2 N–H and O–H groups in total. The summed E-state index contributed by atoms with van der Waals surface area (Å²) in [7, 11) is 0. The Hall–Kier alpha value is -1.86. The maximum absolute atomic E-state index is 12.9. The number of halogens is 1. The van der Waals surface area contributed by atoms with Gasteiger partial charge in [0.25, 0.3) is 5.91 Å². The number of piperidine rings is 1. The Kier molecular flexibility index (Phi) is 5.36. The third kappa shape index (κ3) is 4.04. The number of anilines is 1. The van der Waals surface area contributed by atoms with E-state index in [1.165, 1.54) is 16.0 Å². The van der Waals surface area contributed by atoms with Crippen molar-refractivity contribution in [2.24, 2.45) is 5.41 Å². The molecular weight excluding hydrogens is 384 g/mol. The van der Waals surface area contributed by atoms with E-state index in [0.717, 1.165) is 15.6 Å². The first kappa shape index (κ1) is 19.9. The van der Waals surface area contributed by atoms with Crippen LogP contribution in [0, 0.1) is 5.41 Å². The quantitative estimate of drug-likeness (QED) is 0.799. The van der Waals surface area contributed by atoms with Crippen LogP contribution in [0.25, 0.3) is 0 Å². The van der Waals surface area contributed by atoms with Gasteiger partial charge >= 0.3 is 0 Å². The molecular formula is C19H25ClN4O2S. The first-order valence-electron chi connectivity index (χ1n) is 9.03. The zero-order chi connectivity index (χ0) is 19.8. The van der Waals surface area contributed by atoms with Crippen molar-refractivity contribution in [3.8, 4) is 0 Å². The molecule has 1 fully saturated rings. The molecule has 1 saturated heterocycles. The molecule has 2 aromatic heterocycles. The highest BCUT2D eigenvalue weighted by molar-refractivity contribution is 7.16. The lowest BCUT2D eigenvalue weighted by Crippen LogP contribution is -2.47. The van der Waals surface area contributed by atoms with Crippen LogP contribution in [0.15, 0.2) is 18.2 Å². The van der Waals surface area contributed by atoms with Crippen molar-refractivity contribution in [1.29, 1.82) is 0 Å². The van der Waals surface area contributed by atoms with Crippen LogP contribution in [-0.2, 0) is 16.8 Å². The fraction of sp³-hybridized carbons (Fsp3) is 0.526. The topological polar surface area (TPSA) is 76.0 Å². The summed E-state index contributed by atoms with van der Waals surface area (Å²) in [6.45, 7) is 8.67. The van der Waals surface area contributed by atoms with Gasteiger partial charge in [-0.2, -0.15) is 9.78 Å². The zero-order valence-electron chi connectivity index (χ0n) is 16.1. The Morgan fingerprint density at radius 1 is 1.44 bits per heavy atom. The van der Waals surface area contributed by atoms with Gasteiger partial charge in [-0.15, -0.1) is 11.3 Å². The van der Waals surface area contributed by atoms with Crippen molar-refractivity contribution in [2.45, 2.75) is 52.5 Å². The molecule has 3 rings (SSSR count). The number of hydrogen-bond donors (Lipinski definition) is 2. The average molecular weight is 409 g/mol. The van der Waals surface area contributed by atoms with Crippen LogP contribution in [-0.4, -0.2) is 28.1 Å². The van der Waals surface area contributed by atoms with Crippen LogP contribution in [0.3, 0.4) is 0 Å². The molecule has 1 aliphatic rings. The van der Waals surface area contributed by atoms with E-state index in [1.54, 1.807) is 0 Å². The lowest BCUT2D eigenvalue weighted by molar-refractivity contribution is -0.128. The minimum atomic E-state index is -0.732. The highest BCUT2D eigenvalue weighted by atomic mass is 35.5. The predicted molar refractivity (Wildman–Crippen MR) is 109 cm³/mol. The number of nitrogens with one attached hydrogen (secondary N) is 2. The number of hydrogen-bond acceptors (Lipinski definition) is 5. The summed E-state index contributed by atoms with van der Waals surface area (Å²) in [5, 5.41) is 10.8. The summed E-state index contributed by atoms with van der Waals surface area (Å²) >= 11 is 7.48. The van der Waals surface area contributed by atoms with Gasteiger partial charge in [0.05, 0.1) is 22.0 Å². The van der Waals surface area contributed by atoms with Crippen LogP contribution in [0.4, 0.5) is 5.82 Å². The Bertz CT molecular complexity index is 867. The minimum Gasteiger partial charge on any atom is -0.365 e. The highest BCUT2D eigenvalue weighted by Gasteiger charge is 2.41. The Morgan fingerprint density at radius 2 is 2.19 bits per heavy atom. The summed E-state index contributed by atoms with van der Waals surface area (Å²) in [5.74, 6) is 0.424. The smallest absolute Gasteiger partial charge is 0.254 e. The summed E-state index contributed by atoms with van der Waals surface area (Å²) in [6, 6.07) is 5.62. The number of aromatic nitrogens is 2. The fourth-order valence-corrected chi connectivity index (χ4v) is 4.10. The standard InChI is InChI=1S/C19H25ClN4O2S/c1-18(2,3)17(26)24-15(22-11-12-6-7-14(20)27-12)10-13(23-24)19(4)8-5-9-21-16(19)25/h6-7,10,22H,5,8-9,11H2,1-4H3,(H,21,25). The second-order valence-corrected chi connectivity index (χ2v) is 9.93. The largest absolute Gasteiger partial charge is 0.365 e. The van der Waals surface area contributed by atoms with Gasteiger partial charge in [-0.25, -0.2) is 0 Å².